The minimum atomic E-state index is -3.48. The van der Waals surface area contributed by atoms with E-state index in [1.165, 1.54) is 6.07 Å². The van der Waals surface area contributed by atoms with E-state index >= 15 is 0 Å². The van der Waals surface area contributed by atoms with E-state index in [4.69, 9.17) is 0 Å². The number of pyridine rings is 1. The van der Waals surface area contributed by atoms with Crippen LogP contribution >= 0.6 is 12.4 Å². The Morgan fingerprint density at radius 1 is 1.47 bits per heavy atom. The molecule has 106 valence electrons. The summed E-state index contributed by atoms with van der Waals surface area (Å²) >= 11 is 0. The number of hydrogen-bond acceptors (Lipinski definition) is 6. The molecule has 0 aliphatic carbocycles. The second kappa shape index (κ2) is 6.27. The van der Waals surface area contributed by atoms with Crippen molar-refractivity contribution < 1.29 is 13.3 Å². The van der Waals surface area contributed by atoms with Gasteiger partial charge in [0.15, 0.2) is 14.9 Å². The molecule has 1 atom stereocenters. The quantitative estimate of drug-likeness (QED) is 0.656. The number of rotatable bonds is 4. The van der Waals surface area contributed by atoms with Crippen molar-refractivity contribution in [3.8, 4) is 0 Å². The van der Waals surface area contributed by atoms with Crippen LogP contribution in [0.4, 0.5) is 5.69 Å². The van der Waals surface area contributed by atoms with Crippen LogP contribution < -0.4 is 5.32 Å². The summed E-state index contributed by atoms with van der Waals surface area (Å²) < 4.78 is 24.0. The van der Waals surface area contributed by atoms with Gasteiger partial charge in [0.25, 0.3) is 5.69 Å². The van der Waals surface area contributed by atoms with E-state index in [-0.39, 0.29) is 34.9 Å². The van der Waals surface area contributed by atoms with Gasteiger partial charge in [0.1, 0.15) is 6.20 Å². The number of hydrogen-bond donors (Lipinski definition) is 1. The fraction of sp³-hybridized carbons (Fsp3) is 0.500. The molecule has 2 heterocycles. The summed E-state index contributed by atoms with van der Waals surface area (Å²) in [4.78, 5) is 13.5. The smallest absolute Gasteiger partial charge is 0.287 e. The number of nitro groups is 1. The Morgan fingerprint density at radius 3 is 2.68 bits per heavy atom. The Hall–Kier alpha value is -1.25. The molecule has 0 amide bonds. The van der Waals surface area contributed by atoms with Crippen LogP contribution in [0.15, 0.2) is 23.4 Å². The van der Waals surface area contributed by atoms with E-state index < -0.39 is 14.8 Å². The summed E-state index contributed by atoms with van der Waals surface area (Å²) in [5.74, 6) is -0.0161. The molecule has 0 radical (unpaired) electrons. The van der Waals surface area contributed by atoms with Crippen LogP contribution in [-0.2, 0) is 9.84 Å². The molecule has 7 nitrogen and oxygen atoms in total. The van der Waals surface area contributed by atoms with Gasteiger partial charge in [-0.2, -0.15) is 0 Å². The first-order valence-corrected chi connectivity index (χ1v) is 7.21. The van der Waals surface area contributed by atoms with E-state index in [2.05, 4.69) is 10.3 Å². The van der Waals surface area contributed by atoms with Crippen LogP contribution in [0.1, 0.15) is 12.8 Å². The zero-order chi connectivity index (χ0) is 13.2. The Kier molecular flexibility index (Phi) is 5.21. The molecule has 1 unspecified atom stereocenters. The van der Waals surface area contributed by atoms with Gasteiger partial charge in [-0.15, -0.1) is 12.4 Å². The van der Waals surface area contributed by atoms with E-state index in [0.29, 0.717) is 0 Å². The fourth-order valence-corrected chi connectivity index (χ4v) is 3.39. The molecule has 0 aromatic carbocycles. The van der Waals surface area contributed by atoms with Gasteiger partial charge in [-0.1, -0.05) is 0 Å². The molecule has 9 heteroatoms. The van der Waals surface area contributed by atoms with E-state index in [1.807, 2.05) is 0 Å². The average molecular weight is 308 g/mol. The van der Waals surface area contributed by atoms with Crippen molar-refractivity contribution in [3.63, 3.8) is 0 Å². The Morgan fingerprint density at radius 2 is 2.21 bits per heavy atom. The maximum Gasteiger partial charge on any atom is 0.287 e. The Bertz CT molecular complexity index is 540. The molecule has 0 saturated carbocycles. The summed E-state index contributed by atoms with van der Waals surface area (Å²) in [6.07, 6.45) is 2.76. The van der Waals surface area contributed by atoms with E-state index in [1.54, 1.807) is 0 Å². The maximum absolute atomic E-state index is 12.0. The van der Waals surface area contributed by atoms with Gasteiger partial charge < -0.3 is 5.32 Å². The van der Waals surface area contributed by atoms with Gasteiger partial charge in [0.2, 0.25) is 0 Å². The normalized spacial score (nSPS) is 18.8. The summed E-state index contributed by atoms with van der Waals surface area (Å²) in [5, 5.41) is 13.4. The summed E-state index contributed by atoms with van der Waals surface area (Å²) in [7, 11) is -3.48. The fourth-order valence-electron chi connectivity index (χ4n) is 1.91. The van der Waals surface area contributed by atoms with Gasteiger partial charge in [0.05, 0.1) is 10.7 Å². The molecule has 1 N–H and O–H groups in total. The Balaban J connectivity index is 0.00000180. The van der Waals surface area contributed by atoms with Crippen molar-refractivity contribution in [2.45, 2.75) is 23.9 Å². The highest BCUT2D eigenvalue weighted by Crippen LogP contribution is 2.16. The standard InChI is InChI=1S/C10H13N3O4S.ClH/c14-13(15)9-3-4-10(12-6-9)18(16,17)7-8-2-1-5-11-8;/h3-4,6,8,11H,1-2,5,7H2;1H. The van der Waals surface area contributed by atoms with Gasteiger partial charge in [-0.3, -0.25) is 10.1 Å². The van der Waals surface area contributed by atoms with Crippen molar-refractivity contribution >= 4 is 27.9 Å². The molecule has 1 aliphatic heterocycles. The van der Waals surface area contributed by atoms with Crippen LogP contribution in [0.5, 0.6) is 0 Å². The van der Waals surface area contributed by atoms with Crippen molar-refractivity contribution in [2.24, 2.45) is 0 Å². The monoisotopic (exact) mass is 307 g/mol. The maximum atomic E-state index is 12.0. The van der Waals surface area contributed by atoms with Gasteiger partial charge in [-0.05, 0) is 25.5 Å². The van der Waals surface area contributed by atoms with Crippen LogP contribution in [-0.4, -0.2) is 36.7 Å². The third-order valence-electron chi connectivity index (χ3n) is 2.83. The van der Waals surface area contributed by atoms with Crippen molar-refractivity contribution in [1.29, 1.82) is 0 Å². The second-order valence-electron chi connectivity index (χ2n) is 4.19. The highest BCUT2D eigenvalue weighted by atomic mass is 35.5. The van der Waals surface area contributed by atoms with Crippen LogP contribution in [0.2, 0.25) is 0 Å². The summed E-state index contributed by atoms with van der Waals surface area (Å²) in [5.41, 5.74) is -0.215. The van der Waals surface area contributed by atoms with Gasteiger partial charge in [-0.25, -0.2) is 13.4 Å². The Labute approximate surface area is 116 Å². The number of sulfone groups is 1. The van der Waals surface area contributed by atoms with Crippen molar-refractivity contribution in [2.75, 3.05) is 12.3 Å². The number of aromatic nitrogens is 1. The third kappa shape index (κ3) is 3.85. The van der Waals surface area contributed by atoms with E-state index in [9.17, 15) is 18.5 Å². The molecule has 1 saturated heterocycles. The van der Waals surface area contributed by atoms with Crippen molar-refractivity contribution in [3.05, 3.63) is 28.4 Å². The van der Waals surface area contributed by atoms with E-state index in [0.717, 1.165) is 31.6 Å². The minimum Gasteiger partial charge on any atom is -0.313 e. The SMILES string of the molecule is Cl.O=[N+]([O-])c1ccc(S(=O)(=O)CC2CCCN2)nc1. The zero-order valence-electron chi connectivity index (χ0n) is 9.98. The minimum absolute atomic E-state index is 0. The lowest BCUT2D eigenvalue weighted by Gasteiger charge is -2.09. The highest BCUT2D eigenvalue weighted by molar-refractivity contribution is 7.91. The average Bonchev–Trinajstić information content (AvgIpc) is 2.81. The third-order valence-corrected chi connectivity index (χ3v) is 4.55. The molecule has 1 fully saturated rings. The lowest BCUT2D eigenvalue weighted by atomic mass is 10.3. The first-order valence-electron chi connectivity index (χ1n) is 5.55. The number of nitrogens with one attached hydrogen (secondary N) is 1. The lowest BCUT2D eigenvalue weighted by Crippen LogP contribution is -2.30. The molecule has 1 aliphatic rings. The molecule has 1 aromatic heterocycles. The molecule has 1 aromatic rings. The molecule has 0 spiro atoms. The number of halogens is 1. The predicted octanol–water partition coefficient (Wildman–Crippen LogP) is 0.937. The summed E-state index contributed by atoms with van der Waals surface area (Å²) in [6.45, 7) is 0.827. The van der Waals surface area contributed by atoms with Crippen LogP contribution in [0, 0.1) is 10.1 Å². The van der Waals surface area contributed by atoms with Gasteiger partial charge >= 0.3 is 0 Å². The highest BCUT2D eigenvalue weighted by Gasteiger charge is 2.25. The molecule has 2 rings (SSSR count). The molecule has 19 heavy (non-hydrogen) atoms. The topological polar surface area (TPSA) is 102 Å². The largest absolute Gasteiger partial charge is 0.313 e. The first kappa shape index (κ1) is 15.8. The predicted molar refractivity (Wildman–Crippen MR) is 71.2 cm³/mol. The second-order valence-corrected chi connectivity index (χ2v) is 6.17. The van der Waals surface area contributed by atoms with Crippen molar-refractivity contribution in [1.82, 2.24) is 10.3 Å². The lowest BCUT2D eigenvalue weighted by molar-refractivity contribution is -0.385. The molecular formula is C10H14ClN3O4S. The number of nitrogens with zero attached hydrogens (tertiary/aromatic N) is 2. The first-order chi connectivity index (χ1) is 8.49. The van der Waals surface area contributed by atoms with Crippen LogP contribution in [0.3, 0.4) is 0 Å². The zero-order valence-corrected chi connectivity index (χ0v) is 11.6. The summed E-state index contributed by atoms with van der Waals surface area (Å²) in [6, 6.07) is 2.29. The van der Waals surface area contributed by atoms with Crippen LogP contribution in [0.25, 0.3) is 0 Å². The molecular weight excluding hydrogens is 294 g/mol. The molecule has 0 bridgehead atoms. The van der Waals surface area contributed by atoms with Gasteiger partial charge in [0, 0.05) is 12.1 Å².